The Kier molecular flexibility index (Phi) is 4.66. The molecule has 1 heterocycles. The zero-order valence-corrected chi connectivity index (χ0v) is 12.4. The number of ketones is 1. The number of hydrogen-bond acceptors (Lipinski definition) is 6. The van der Waals surface area contributed by atoms with Crippen LogP contribution in [0.3, 0.4) is 0 Å². The molecule has 0 amide bonds. The van der Waals surface area contributed by atoms with Crippen LogP contribution in [0.1, 0.15) is 10.4 Å². The van der Waals surface area contributed by atoms with E-state index in [1.165, 1.54) is 23.1 Å². The van der Waals surface area contributed by atoms with Crippen molar-refractivity contribution in [2.45, 2.75) is 4.34 Å². The lowest BCUT2D eigenvalue weighted by Crippen LogP contribution is -2.07. The lowest BCUT2D eigenvalue weighted by atomic mass is 10.1. The molecule has 0 bridgehead atoms. The van der Waals surface area contributed by atoms with E-state index in [9.17, 15) is 13.6 Å². The van der Waals surface area contributed by atoms with E-state index in [-0.39, 0.29) is 11.3 Å². The van der Waals surface area contributed by atoms with Gasteiger partial charge in [0, 0.05) is 20.2 Å². The second-order valence-electron chi connectivity index (χ2n) is 4.08. The Bertz CT molecular complexity index is 631. The van der Waals surface area contributed by atoms with Gasteiger partial charge in [-0.2, -0.15) is 0 Å². The lowest BCUT2D eigenvalue weighted by Gasteiger charge is -2.03. The fourth-order valence-electron chi connectivity index (χ4n) is 1.36. The molecule has 0 N–H and O–H groups in total. The van der Waals surface area contributed by atoms with Crippen molar-refractivity contribution in [2.75, 3.05) is 24.7 Å². The molecule has 0 radical (unpaired) electrons. The molecule has 0 spiro atoms. The van der Waals surface area contributed by atoms with Gasteiger partial charge in [0.2, 0.25) is 5.13 Å². The largest absolute Gasteiger partial charge is 0.353 e. The van der Waals surface area contributed by atoms with Crippen molar-refractivity contribution in [3.05, 3.63) is 35.4 Å². The maximum Gasteiger partial charge on any atom is 0.208 e. The summed E-state index contributed by atoms with van der Waals surface area (Å²) in [4.78, 5) is 13.7. The molecule has 106 valence electrons. The van der Waals surface area contributed by atoms with E-state index in [4.69, 9.17) is 0 Å². The van der Waals surface area contributed by atoms with Crippen LogP contribution in [0.25, 0.3) is 0 Å². The SMILES string of the molecule is CN(C)c1nnc(SCC(=O)c2ccc(F)cc2F)s1. The Labute approximate surface area is 122 Å². The number of carbonyl (C=O) groups is 1. The predicted molar refractivity (Wildman–Crippen MR) is 75.6 cm³/mol. The molecule has 1 aromatic heterocycles. The number of thioether (sulfide) groups is 1. The summed E-state index contributed by atoms with van der Waals surface area (Å²) in [6.07, 6.45) is 0. The summed E-state index contributed by atoms with van der Waals surface area (Å²) in [6.45, 7) is 0. The second kappa shape index (κ2) is 6.27. The number of hydrogen-bond donors (Lipinski definition) is 0. The smallest absolute Gasteiger partial charge is 0.208 e. The van der Waals surface area contributed by atoms with Crippen LogP contribution in [0.2, 0.25) is 0 Å². The molecule has 0 aliphatic heterocycles. The molecule has 20 heavy (non-hydrogen) atoms. The fourth-order valence-corrected chi connectivity index (χ4v) is 3.01. The number of carbonyl (C=O) groups excluding carboxylic acids is 1. The molecular weight excluding hydrogens is 304 g/mol. The van der Waals surface area contributed by atoms with Crippen LogP contribution in [0.15, 0.2) is 22.5 Å². The maximum atomic E-state index is 13.4. The number of halogens is 2. The van der Waals surface area contributed by atoms with Gasteiger partial charge in [-0.25, -0.2) is 8.78 Å². The van der Waals surface area contributed by atoms with E-state index in [0.29, 0.717) is 10.4 Å². The van der Waals surface area contributed by atoms with Crippen LogP contribution in [-0.2, 0) is 0 Å². The summed E-state index contributed by atoms with van der Waals surface area (Å²) in [5, 5.41) is 8.59. The minimum absolute atomic E-state index is 0.0324. The third-order valence-corrected chi connectivity index (χ3v) is 4.56. The van der Waals surface area contributed by atoms with E-state index in [1.54, 1.807) is 0 Å². The highest BCUT2D eigenvalue weighted by atomic mass is 32.2. The molecule has 2 rings (SSSR count). The molecule has 8 heteroatoms. The topological polar surface area (TPSA) is 46.1 Å². The van der Waals surface area contributed by atoms with Crippen molar-refractivity contribution in [3.8, 4) is 0 Å². The van der Waals surface area contributed by atoms with E-state index in [1.807, 2.05) is 19.0 Å². The van der Waals surface area contributed by atoms with Crippen LogP contribution in [0, 0.1) is 11.6 Å². The zero-order valence-electron chi connectivity index (χ0n) is 10.8. The van der Waals surface area contributed by atoms with Gasteiger partial charge >= 0.3 is 0 Å². The third kappa shape index (κ3) is 3.51. The Morgan fingerprint density at radius 2 is 2.10 bits per heavy atom. The maximum absolute atomic E-state index is 13.4. The molecule has 1 aromatic carbocycles. The third-order valence-electron chi connectivity index (χ3n) is 2.34. The fraction of sp³-hybridized carbons (Fsp3) is 0.250. The van der Waals surface area contributed by atoms with Crippen molar-refractivity contribution < 1.29 is 13.6 Å². The van der Waals surface area contributed by atoms with Gasteiger partial charge in [0.05, 0.1) is 11.3 Å². The molecule has 0 saturated carbocycles. The highest BCUT2D eigenvalue weighted by Crippen LogP contribution is 2.27. The summed E-state index contributed by atoms with van der Waals surface area (Å²) in [7, 11) is 3.68. The number of benzene rings is 1. The first kappa shape index (κ1) is 14.9. The van der Waals surface area contributed by atoms with Crippen molar-refractivity contribution >= 4 is 34.0 Å². The van der Waals surface area contributed by atoms with Gasteiger partial charge in [0.25, 0.3) is 0 Å². The highest BCUT2D eigenvalue weighted by Gasteiger charge is 2.14. The Balaban J connectivity index is 2.01. The van der Waals surface area contributed by atoms with Crippen LogP contribution in [0.4, 0.5) is 13.9 Å². The Morgan fingerprint density at radius 1 is 1.35 bits per heavy atom. The van der Waals surface area contributed by atoms with Gasteiger partial charge in [-0.15, -0.1) is 10.2 Å². The Hall–Kier alpha value is -1.54. The first-order chi connectivity index (χ1) is 9.47. The van der Waals surface area contributed by atoms with Gasteiger partial charge in [-0.3, -0.25) is 4.79 Å². The average molecular weight is 315 g/mol. The minimum atomic E-state index is -0.846. The minimum Gasteiger partial charge on any atom is -0.353 e. The Morgan fingerprint density at radius 3 is 2.70 bits per heavy atom. The van der Waals surface area contributed by atoms with Crippen LogP contribution in [-0.4, -0.2) is 35.8 Å². The van der Waals surface area contributed by atoms with Crippen molar-refractivity contribution in [1.82, 2.24) is 10.2 Å². The summed E-state index contributed by atoms with van der Waals surface area (Å²) >= 11 is 2.53. The summed E-state index contributed by atoms with van der Waals surface area (Å²) in [6, 6.07) is 2.92. The first-order valence-corrected chi connectivity index (χ1v) is 7.39. The number of anilines is 1. The summed E-state index contributed by atoms with van der Waals surface area (Å²) in [5.41, 5.74) is -0.115. The van der Waals surface area contributed by atoms with Gasteiger partial charge < -0.3 is 4.90 Å². The molecule has 4 nitrogen and oxygen atoms in total. The van der Waals surface area contributed by atoms with Gasteiger partial charge in [-0.05, 0) is 12.1 Å². The normalized spacial score (nSPS) is 10.6. The molecule has 0 fully saturated rings. The highest BCUT2D eigenvalue weighted by molar-refractivity contribution is 8.01. The molecular formula is C12H11F2N3OS2. The number of aromatic nitrogens is 2. The van der Waals surface area contributed by atoms with Crippen LogP contribution in [0.5, 0.6) is 0 Å². The standard InChI is InChI=1S/C12H11F2N3OS2/c1-17(2)11-15-16-12(20-11)19-6-10(18)8-4-3-7(13)5-9(8)14/h3-5H,6H2,1-2H3. The predicted octanol–water partition coefficient (Wildman–Crippen LogP) is 2.86. The summed E-state index contributed by atoms with van der Waals surface area (Å²) in [5.74, 6) is -1.92. The van der Waals surface area contributed by atoms with Crippen LogP contribution < -0.4 is 4.90 Å². The zero-order chi connectivity index (χ0) is 14.7. The van der Waals surface area contributed by atoms with Gasteiger partial charge in [0.15, 0.2) is 10.1 Å². The molecule has 0 aliphatic carbocycles. The molecule has 0 unspecified atom stereocenters. The van der Waals surface area contributed by atoms with Gasteiger partial charge in [-0.1, -0.05) is 23.1 Å². The van der Waals surface area contributed by atoms with Crippen molar-refractivity contribution in [2.24, 2.45) is 0 Å². The molecule has 0 aliphatic rings. The average Bonchev–Trinajstić information content (AvgIpc) is 2.85. The number of Topliss-reactive ketones (excluding diaryl/α,β-unsaturated/α-hetero) is 1. The lowest BCUT2D eigenvalue weighted by molar-refractivity contribution is 0.101. The van der Waals surface area contributed by atoms with E-state index < -0.39 is 17.4 Å². The van der Waals surface area contributed by atoms with Crippen molar-refractivity contribution in [3.63, 3.8) is 0 Å². The van der Waals surface area contributed by atoms with Crippen molar-refractivity contribution in [1.29, 1.82) is 0 Å². The molecule has 0 atom stereocenters. The van der Waals surface area contributed by atoms with Crippen LogP contribution >= 0.6 is 23.1 Å². The molecule has 0 saturated heterocycles. The quantitative estimate of drug-likeness (QED) is 0.627. The van der Waals surface area contributed by atoms with E-state index in [0.717, 1.165) is 17.3 Å². The first-order valence-electron chi connectivity index (χ1n) is 5.59. The second-order valence-corrected chi connectivity index (χ2v) is 6.26. The number of nitrogens with zero attached hydrogens (tertiary/aromatic N) is 3. The summed E-state index contributed by atoms with van der Waals surface area (Å²) < 4.78 is 26.8. The monoisotopic (exact) mass is 315 g/mol. The van der Waals surface area contributed by atoms with E-state index >= 15 is 0 Å². The number of rotatable bonds is 5. The molecule has 2 aromatic rings. The van der Waals surface area contributed by atoms with Gasteiger partial charge in [0.1, 0.15) is 11.6 Å². The van der Waals surface area contributed by atoms with E-state index in [2.05, 4.69) is 10.2 Å².